The maximum atomic E-state index is 11.9. The molecule has 0 fully saturated rings. The molecule has 0 bridgehead atoms. The van der Waals surface area contributed by atoms with E-state index in [9.17, 15) is 4.79 Å². The second kappa shape index (κ2) is 7.14. The first-order valence-electron chi connectivity index (χ1n) is 7.06. The van der Waals surface area contributed by atoms with Gasteiger partial charge in [0.05, 0.1) is 13.7 Å². The highest BCUT2D eigenvalue weighted by atomic mass is 35.5. The van der Waals surface area contributed by atoms with Gasteiger partial charge in [-0.25, -0.2) is 0 Å². The minimum atomic E-state index is -0.287. The second-order valence-electron chi connectivity index (χ2n) is 4.78. The van der Waals surface area contributed by atoms with Crippen molar-refractivity contribution in [2.24, 2.45) is 0 Å². The normalized spacial score (nSPS) is 10.6. The summed E-state index contributed by atoms with van der Waals surface area (Å²) in [6.07, 6.45) is 0. The summed E-state index contributed by atoms with van der Waals surface area (Å²) in [4.78, 5) is 11.9. The van der Waals surface area contributed by atoms with E-state index in [1.165, 1.54) is 11.6 Å². The average Bonchev–Trinajstić information content (AvgIpc) is 3.01. The highest BCUT2D eigenvalue weighted by molar-refractivity contribution is 6.30. The smallest absolute Gasteiger partial charge is 0.258 e. The van der Waals surface area contributed by atoms with Crippen LogP contribution in [0.4, 0.5) is 0 Å². The molecule has 3 rings (SSSR count). The Labute approximate surface area is 142 Å². The van der Waals surface area contributed by atoms with E-state index >= 15 is 0 Å². The van der Waals surface area contributed by atoms with Gasteiger partial charge in [-0.05, 0) is 30.3 Å². The largest absolute Gasteiger partial charge is 0.484 e. The van der Waals surface area contributed by atoms with Crippen molar-refractivity contribution in [3.8, 4) is 11.6 Å². The van der Waals surface area contributed by atoms with Crippen LogP contribution >= 0.6 is 11.6 Å². The number of rotatable bonds is 6. The number of hydrogen-bond donors (Lipinski definition) is 1. The standard InChI is InChI=1S/C15H14ClN5O3/c1-23-15-7-6-12-18-19-13(21(12)20-15)8-17-14(22)9-24-11-4-2-10(16)3-5-11/h2-7H,8-9H2,1H3,(H,17,22). The van der Waals surface area contributed by atoms with Gasteiger partial charge in [-0.2, -0.15) is 4.52 Å². The van der Waals surface area contributed by atoms with Crippen LogP contribution < -0.4 is 14.8 Å². The molecule has 0 aliphatic carbocycles. The van der Waals surface area contributed by atoms with Gasteiger partial charge in [0.2, 0.25) is 5.88 Å². The molecular formula is C15H14ClN5O3. The Morgan fingerprint density at radius 1 is 1.21 bits per heavy atom. The van der Waals surface area contributed by atoms with E-state index in [2.05, 4.69) is 20.6 Å². The van der Waals surface area contributed by atoms with E-state index in [1.54, 1.807) is 36.4 Å². The molecule has 0 aliphatic rings. The first kappa shape index (κ1) is 16.0. The molecule has 3 aromatic rings. The van der Waals surface area contributed by atoms with E-state index in [-0.39, 0.29) is 19.1 Å². The molecule has 0 atom stereocenters. The predicted molar refractivity (Wildman–Crippen MR) is 86.1 cm³/mol. The molecule has 8 nitrogen and oxygen atoms in total. The zero-order valence-electron chi connectivity index (χ0n) is 12.8. The fourth-order valence-corrected chi connectivity index (χ4v) is 2.07. The number of benzene rings is 1. The molecule has 0 saturated heterocycles. The quantitative estimate of drug-likeness (QED) is 0.726. The number of ether oxygens (including phenoxy) is 2. The number of aromatic nitrogens is 4. The monoisotopic (exact) mass is 347 g/mol. The summed E-state index contributed by atoms with van der Waals surface area (Å²) in [5.74, 6) is 1.20. The molecule has 0 spiro atoms. The summed E-state index contributed by atoms with van der Waals surface area (Å²) in [7, 11) is 1.52. The zero-order valence-corrected chi connectivity index (χ0v) is 13.5. The fraction of sp³-hybridized carbons (Fsp3) is 0.200. The number of nitrogens with zero attached hydrogens (tertiary/aromatic N) is 4. The van der Waals surface area contributed by atoms with Gasteiger partial charge in [0.25, 0.3) is 5.91 Å². The lowest BCUT2D eigenvalue weighted by Gasteiger charge is -2.07. The van der Waals surface area contributed by atoms with Crippen LogP contribution in [0.2, 0.25) is 5.02 Å². The van der Waals surface area contributed by atoms with Crippen molar-refractivity contribution in [2.45, 2.75) is 6.54 Å². The average molecular weight is 348 g/mol. The van der Waals surface area contributed by atoms with Crippen molar-refractivity contribution < 1.29 is 14.3 Å². The molecule has 0 unspecified atom stereocenters. The van der Waals surface area contributed by atoms with E-state index in [4.69, 9.17) is 21.1 Å². The van der Waals surface area contributed by atoms with E-state index in [0.717, 1.165) is 0 Å². The number of hydrogen-bond acceptors (Lipinski definition) is 6. The Balaban J connectivity index is 1.57. The van der Waals surface area contributed by atoms with Crippen molar-refractivity contribution in [3.63, 3.8) is 0 Å². The van der Waals surface area contributed by atoms with Crippen LogP contribution in [0.25, 0.3) is 5.65 Å². The minimum absolute atomic E-state index is 0.116. The number of methoxy groups -OCH3 is 1. The lowest BCUT2D eigenvalue weighted by molar-refractivity contribution is -0.123. The number of carbonyl (C=O) groups is 1. The zero-order chi connectivity index (χ0) is 16.9. The Morgan fingerprint density at radius 3 is 2.75 bits per heavy atom. The van der Waals surface area contributed by atoms with Crippen molar-refractivity contribution in [2.75, 3.05) is 13.7 Å². The third-order valence-electron chi connectivity index (χ3n) is 3.14. The Bertz CT molecular complexity index is 850. The Hall–Kier alpha value is -2.87. The Morgan fingerprint density at radius 2 is 2.00 bits per heavy atom. The lowest BCUT2D eigenvalue weighted by Crippen LogP contribution is -2.29. The Kier molecular flexibility index (Phi) is 4.76. The van der Waals surface area contributed by atoms with Crippen molar-refractivity contribution >= 4 is 23.2 Å². The number of carbonyl (C=O) groups excluding carboxylic acids is 1. The molecule has 2 heterocycles. The summed E-state index contributed by atoms with van der Waals surface area (Å²) in [6.45, 7) is 0.0548. The fourth-order valence-electron chi connectivity index (χ4n) is 1.94. The summed E-state index contributed by atoms with van der Waals surface area (Å²) in [5.41, 5.74) is 0.567. The van der Waals surface area contributed by atoms with Gasteiger partial charge in [0.15, 0.2) is 18.1 Å². The van der Waals surface area contributed by atoms with Gasteiger partial charge in [-0.1, -0.05) is 11.6 Å². The van der Waals surface area contributed by atoms with Gasteiger partial charge < -0.3 is 14.8 Å². The highest BCUT2D eigenvalue weighted by Gasteiger charge is 2.10. The third kappa shape index (κ3) is 3.72. The highest BCUT2D eigenvalue weighted by Crippen LogP contribution is 2.15. The van der Waals surface area contributed by atoms with Crippen LogP contribution in [0.1, 0.15) is 5.82 Å². The molecule has 124 valence electrons. The second-order valence-corrected chi connectivity index (χ2v) is 5.22. The van der Waals surface area contributed by atoms with Crippen LogP contribution in [0.3, 0.4) is 0 Å². The molecule has 0 aliphatic heterocycles. The maximum Gasteiger partial charge on any atom is 0.258 e. The number of amides is 1. The predicted octanol–water partition coefficient (Wildman–Crippen LogP) is 1.48. The molecular weight excluding hydrogens is 334 g/mol. The lowest BCUT2D eigenvalue weighted by atomic mass is 10.3. The van der Waals surface area contributed by atoms with E-state index in [0.29, 0.717) is 28.1 Å². The van der Waals surface area contributed by atoms with Gasteiger partial charge >= 0.3 is 0 Å². The van der Waals surface area contributed by atoms with Gasteiger partial charge in [0, 0.05) is 11.1 Å². The summed E-state index contributed by atoms with van der Waals surface area (Å²) in [5, 5.41) is 15.5. The molecule has 0 saturated carbocycles. The first-order chi connectivity index (χ1) is 11.7. The summed E-state index contributed by atoms with van der Waals surface area (Å²) >= 11 is 5.79. The van der Waals surface area contributed by atoms with Crippen LogP contribution in [0, 0.1) is 0 Å². The molecule has 0 radical (unpaired) electrons. The van der Waals surface area contributed by atoms with E-state index in [1.807, 2.05) is 0 Å². The SMILES string of the molecule is COc1ccc2nnc(CNC(=O)COc3ccc(Cl)cc3)n2n1. The van der Waals surface area contributed by atoms with Crippen molar-refractivity contribution in [3.05, 3.63) is 47.2 Å². The number of nitrogens with one attached hydrogen (secondary N) is 1. The van der Waals surface area contributed by atoms with Crippen molar-refractivity contribution in [1.82, 2.24) is 25.1 Å². The molecule has 1 aromatic carbocycles. The number of halogens is 1. The molecule has 1 N–H and O–H groups in total. The molecule has 1 amide bonds. The van der Waals surface area contributed by atoms with Crippen molar-refractivity contribution in [1.29, 1.82) is 0 Å². The van der Waals surface area contributed by atoms with Gasteiger partial charge in [0.1, 0.15) is 5.75 Å². The molecule has 2 aromatic heterocycles. The molecule has 24 heavy (non-hydrogen) atoms. The first-order valence-corrected chi connectivity index (χ1v) is 7.44. The van der Waals surface area contributed by atoms with Crippen LogP contribution in [-0.2, 0) is 11.3 Å². The summed E-state index contributed by atoms with van der Waals surface area (Å²) < 4.78 is 11.9. The molecule has 9 heteroatoms. The van der Waals surface area contributed by atoms with Gasteiger partial charge in [-0.15, -0.1) is 15.3 Å². The van der Waals surface area contributed by atoms with Gasteiger partial charge in [-0.3, -0.25) is 4.79 Å². The summed E-state index contributed by atoms with van der Waals surface area (Å²) in [6, 6.07) is 10.2. The van der Waals surface area contributed by atoms with Crippen LogP contribution in [0.15, 0.2) is 36.4 Å². The minimum Gasteiger partial charge on any atom is -0.484 e. The maximum absolute atomic E-state index is 11.9. The topological polar surface area (TPSA) is 90.6 Å². The number of fused-ring (bicyclic) bond motifs is 1. The third-order valence-corrected chi connectivity index (χ3v) is 3.39. The van der Waals surface area contributed by atoms with Crippen LogP contribution in [-0.4, -0.2) is 39.4 Å². The van der Waals surface area contributed by atoms with E-state index < -0.39 is 0 Å². The van der Waals surface area contributed by atoms with Crippen LogP contribution in [0.5, 0.6) is 11.6 Å².